The third-order valence-electron chi connectivity index (χ3n) is 5.88. The van der Waals surface area contributed by atoms with E-state index in [1.807, 2.05) is 30.3 Å². The molecule has 4 rings (SSSR count). The lowest BCUT2D eigenvalue weighted by Crippen LogP contribution is -2.09. The minimum atomic E-state index is -0.788. The van der Waals surface area contributed by atoms with Crippen molar-refractivity contribution in [3.8, 4) is 22.3 Å². The van der Waals surface area contributed by atoms with Crippen molar-refractivity contribution in [1.29, 1.82) is 0 Å². The maximum atomic E-state index is 14.8. The molecule has 0 spiro atoms. The van der Waals surface area contributed by atoms with Crippen LogP contribution < -0.4 is 0 Å². The maximum Gasteiger partial charge on any atom is 0.167 e. The molecule has 3 aromatic rings. The smallest absolute Gasteiger partial charge is 0.167 e. The van der Waals surface area contributed by atoms with Crippen molar-refractivity contribution in [2.45, 2.75) is 37.4 Å². The van der Waals surface area contributed by atoms with Crippen LogP contribution in [0.2, 0.25) is 5.82 Å². The Kier molecular flexibility index (Phi) is 5.11. The fourth-order valence-corrected chi connectivity index (χ4v) is 4.14. The second-order valence-corrected chi connectivity index (χ2v) is 7.73. The Balaban J connectivity index is 1.61. The van der Waals surface area contributed by atoms with E-state index in [4.69, 9.17) is 0 Å². The summed E-state index contributed by atoms with van der Waals surface area (Å²) in [5.74, 6) is -0.155. The van der Waals surface area contributed by atoms with Gasteiger partial charge in [-0.3, -0.25) is 0 Å². The van der Waals surface area contributed by atoms with Crippen LogP contribution in [0.25, 0.3) is 22.3 Å². The van der Waals surface area contributed by atoms with Crippen LogP contribution in [0.1, 0.15) is 37.2 Å². The minimum Gasteiger partial charge on any atom is -0.203 e. The lowest BCUT2D eigenvalue weighted by Gasteiger charge is -2.26. The molecule has 0 bridgehead atoms. The summed E-state index contributed by atoms with van der Waals surface area (Å²) in [7, 11) is 2.32. The second kappa shape index (κ2) is 7.68. The number of hydrogen-bond acceptors (Lipinski definition) is 0. The Bertz CT molecular complexity index is 911. The normalized spacial score (nSPS) is 19.8. The van der Waals surface area contributed by atoms with Crippen molar-refractivity contribution in [3.05, 3.63) is 83.9 Å². The van der Waals surface area contributed by atoms with Gasteiger partial charge in [0.15, 0.2) is 11.6 Å². The zero-order valence-electron chi connectivity index (χ0n) is 15.6. The summed E-state index contributed by atoms with van der Waals surface area (Å²) < 4.78 is 29.4. The first-order valence-corrected chi connectivity index (χ1v) is 9.77. The second-order valence-electron chi connectivity index (χ2n) is 7.73. The first-order chi connectivity index (χ1) is 13.1. The summed E-state index contributed by atoms with van der Waals surface area (Å²) in [5.41, 5.74) is 3.33. The number of halogens is 2. The van der Waals surface area contributed by atoms with Gasteiger partial charge in [-0.05, 0) is 35.4 Å². The Morgan fingerprint density at radius 3 is 1.70 bits per heavy atom. The predicted molar refractivity (Wildman–Crippen MR) is 111 cm³/mol. The van der Waals surface area contributed by atoms with E-state index in [1.54, 1.807) is 24.3 Å². The summed E-state index contributed by atoms with van der Waals surface area (Å²) in [6.07, 6.45) is 4.98. The molecular formula is C24H23BF2. The lowest BCUT2D eigenvalue weighted by atomic mass is 9.70. The quantitative estimate of drug-likeness (QED) is 0.476. The molecule has 0 heterocycles. The van der Waals surface area contributed by atoms with Crippen molar-refractivity contribution in [2.24, 2.45) is 0 Å². The molecule has 0 amide bonds. The van der Waals surface area contributed by atoms with Gasteiger partial charge in [-0.1, -0.05) is 85.4 Å². The monoisotopic (exact) mass is 360 g/mol. The van der Waals surface area contributed by atoms with Crippen LogP contribution in [0, 0.1) is 11.6 Å². The Labute approximate surface area is 160 Å². The van der Waals surface area contributed by atoms with Gasteiger partial charge in [-0.2, -0.15) is 0 Å². The molecule has 1 saturated carbocycles. The summed E-state index contributed by atoms with van der Waals surface area (Å²) in [5, 5.41) is 0. The van der Waals surface area contributed by atoms with Gasteiger partial charge in [0.1, 0.15) is 7.85 Å². The number of hydrogen-bond donors (Lipinski definition) is 0. The summed E-state index contributed by atoms with van der Waals surface area (Å²) in [6, 6.07) is 20.4. The van der Waals surface area contributed by atoms with Crippen LogP contribution >= 0.6 is 0 Å². The third kappa shape index (κ3) is 3.69. The highest BCUT2D eigenvalue weighted by molar-refractivity contribution is 6.11. The van der Waals surface area contributed by atoms with Crippen molar-refractivity contribution in [3.63, 3.8) is 0 Å². The molecule has 0 unspecified atom stereocenters. The Morgan fingerprint density at radius 2 is 1.15 bits per heavy atom. The van der Waals surface area contributed by atoms with E-state index in [9.17, 15) is 8.78 Å². The molecule has 27 heavy (non-hydrogen) atoms. The van der Waals surface area contributed by atoms with E-state index in [-0.39, 0.29) is 0 Å². The molecule has 1 aliphatic carbocycles. The van der Waals surface area contributed by atoms with Gasteiger partial charge >= 0.3 is 0 Å². The van der Waals surface area contributed by atoms with Crippen molar-refractivity contribution >= 4 is 7.85 Å². The molecule has 0 radical (unpaired) electrons. The summed E-state index contributed by atoms with van der Waals surface area (Å²) in [4.78, 5) is 0. The van der Waals surface area contributed by atoms with Crippen LogP contribution in [0.4, 0.5) is 8.78 Å². The molecule has 0 aliphatic heterocycles. The third-order valence-corrected chi connectivity index (χ3v) is 5.88. The zero-order valence-corrected chi connectivity index (χ0v) is 15.6. The highest BCUT2D eigenvalue weighted by atomic mass is 19.2. The van der Waals surface area contributed by atoms with Crippen molar-refractivity contribution in [2.75, 3.05) is 0 Å². The van der Waals surface area contributed by atoms with Gasteiger partial charge < -0.3 is 0 Å². The highest BCUT2D eigenvalue weighted by Crippen LogP contribution is 2.38. The average molecular weight is 360 g/mol. The summed E-state index contributed by atoms with van der Waals surface area (Å²) >= 11 is 0. The molecule has 0 aromatic heterocycles. The first kappa shape index (κ1) is 18.0. The van der Waals surface area contributed by atoms with E-state index in [0.717, 1.165) is 11.4 Å². The average Bonchev–Trinajstić information content (AvgIpc) is 2.71. The SMILES string of the molecule is BC1CCC(c2ccc(-c3ccc(-c4ccccc4)c(F)c3F)cc2)CC1. The molecule has 1 fully saturated rings. The maximum absolute atomic E-state index is 14.8. The highest BCUT2D eigenvalue weighted by Gasteiger charge is 2.20. The molecule has 136 valence electrons. The Hall–Kier alpha value is -2.42. The summed E-state index contributed by atoms with van der Waals surface area (Å²) in [6.45, 7) is 0. The topological polar surface area (TPSA) is 0 Å². The largest absolute Gasteiger partial charge is 0.203 e. The molecule has 0 saturated heterocycles. The molecule has 0 N–H and O–H groups in total. The first-order valence-electron chi connectivity index (χ1n) is 9.77. The van der Waals surface area contributed by atoms with Crippen LogP contribution in [0.5, 0.6) is 0 Å². The van der Waals surface area contributed by atoms with E-state index in [2.05, 4.69) is 20.0 Å². The number of benzene rings is 3. The number of rotatable bonds is 3. The fraction of sp³-hybridized carbons (Fsp3) is 0.250. The molecular weight excluding hydrogens is 337 g/mol. The zero-order chi connectivity index (χ0) is 18.8. The van der Waals surface area contributed by atoms with Crippen LogP contribution in [-0.2, 0) is 0 Å². The van der Waals surface area contributed by atoms with Gasteiger partial charge in [0.05, 0.1) is 0 Å². The van der Waals surface area contributed by atoms with E-state index < -0.39 is 11.6 Å². The van der Waals surface area contributed by atoms with Gasteiger partial charge in [-0.15, -0.1) is 0 Å². The van der Waals surface area contributed by atoms with E-state index in [0.29, 0.717) is 22.6 Å². The standard InChI is InChI=1S/C24H23BF2/c25-20-12-10-17(11-13-20)16-6-8-19(9-7-16)22-15-14-21(23(26)24(22)27)18-4-2-1-3-5-18/h1-9,14-15,17,20H,10-13,25H2. The molecule has 3 aromatic carbocycles. The molecule has 3 heteroatoms. The molecule has 0 nitrogen and oxygen atoms in total. The predicted octanol–water partition coefficient (Wildman–Crippen LogP) is 6.38. The van der Waals surface area contributed by atoms with Crippen LogP contribution in [-0.4, -0.2) is 7.85 Å². The fourth-order valence-electron chi connectivity index (χ4n) is 4.14. The van der Waals surface area contributed by atoms with Crippen molar-refractivity contribution in [1.82, 2.24) is 0 Å². The molecule has 0 atom stereocenters. The van der Waals surface area contributed by atoms with Gasteiger partial charge in [0, 0.05) is 11.1 Å². The van der Waals surface area contributed by atoms with Gasteiger partial charge in [0.2, 0.25) is 0 Å². The van der Waals surface area contributed by atoms with E-state index >= 15 is 0 Å². The van der Waals surface area contributed by atoms with Crippen LogP contribution in [0.15, 0.2) is 66.7 Å². The molecule has 1 aliphatic rings. The minimum absolute atomic E-state index is 0.296. The van der Waals surface area contributed by atoms with Gasteiger partial charge in [-0.25, -0.2) is 8.78 Å². The lowest BCUT2D eigenvalue weighted by molar-refractivity contribution is 0.444. The van der Waals surface area contributed by atoms with E-state index in [1.165, 1.54) is 31.2 Å². The van der Waals surface area contributed by atoms with Crippen LogP contribution in [0.3, 0.4) is 0 Å². The van der Waals surface area contributed by atoms with Gasteiger partial charge in [0.25, 0.3) is 0 Å². The van der Waals surface area contributed by atoms with Crippen molar-refractivity contribution < 1.29 is 8.78 Å². The Morgan fingerprint density at radius 1 is 0.630 bits per heavy atom.